The summed E-state index contributed by atoms with van der Waals surface area (Å²) in [4.78, 5) is 16.9. The smallest absolute Gasteiger partial charge is 0.245 e. The van der Waals surface area contributed by atoms with Crippen LogP contribution in [0.15, 0.2) is 18.2 Å². The van der Waals surface area contributed by atoms with Crippen molar-refractivity contribution in [2.45, 2.75) is 12.5 Å². The Labute approximate surface area is 114 Å². The van der Waals surface area contributed by atoms with Gasteiger partial charge in [-0.2, -0.15) is 0 Å². The number of halogens is 1. The van der Waals surface area contributed by atoms with Crippen LogP contribution < -0.4 is 0 Å². The maximum atomic E-state index is 12.1. The number of hydrogen-bond acceptors (Lipinski definition) is 2. The van der Waals surface area contributed by atoms with E-state index in [9.17, 15) is 4.79 Å². The molecule has 1 unspecified atom stereocenters. The fraction of sp³-hybridized carbons (Fsp3) is 0.333. The lowest BCUT2D eigenvalue weighted by molar-refractivity contribution is -0.129. The van der Waals surface area contributed by atoms with Crippen LogP contribution >= 0.6 is 23.8 Å². The van der Waals surface area contributed by atoms with Crippen molar-refractivity contribution in [1.82, 2.24) is 14.5 Å². The average molecular weight is 282 g/mol. The highest BCUT2D eigenvalue weighted by Crippen LogP contribution is 2.29. The van der Waals surface area contributed by atoms with Crippen molar-refractivity contribution < 1.29 is 4.79 Å². The van der Waals surface area contributed by atoms with E-state index in [1.165, 1.54) is 0 Å². The summed E-state index contributed by atoms with van der Waals surface area (Å²) in [6.45, 7) is 0.762. The second kappa shape index (κ2) is 4.10. The zero-order valence-corrected chi connectivity index (χ0v) is 11.4. The van der Waals surface area contributed by atoms with E-state index >= 15 is 0 Å². The summed E-state index contributed by atoms with van der Waals surface area (Å²) in [5.41, 5.74) is 1.69. The molecule has 1 aliphatic heterocycles. The first-order chi connectivity index (χ1) is 8.59. The van der Waals surface area contributed by atoms with E-state index in [4.69, 9.17) is 23.8 Å². The van der Waals surface area contributed by atoms with Crippen molar-refractivity contribution >= 4 is 40.8 Å². The lowest BCUT2D eigenvalue weighted by Crippen LogP contribution is -2.24. The van der Waals surface area contributed by atoms with Gasteiger partial charge in [0.25, 0.3) is 0 Å². The van der Waals surface area contributed by atoms with E-state index in [0.29, 0.717) is 9.79 Å². The maximum Gasteiger partial charge on any atom is 0.245 e. The van der Waals surface area contributed by atoms with E-state index < -0.39 is 0 Å². The lowest BCUT2D eigenvalue weighted by Gasteiger charge is -2.12. The number of nitrogens with one attached hydrogen (secondary N) is 1. The highest BCUT2D eigenvalue weighted by atomic mass is 35.5. The van der Waals surface area contributed by atoms with Crippen molar-refractivity contribution in [2.24, 2.45) is 0 Å². The topological polar surface area (TPSA) is 41.0 Å². The highest BCUT2D eigenvalue weighted by Gasteiger charge is 2.32. The number of hydrogen-bond donors (Lipinski definition) is 1. The molecule has 1 atom stereocenters. The third kappa shape index (κ3) is 1.58. The normalized spacial score (nSPS) is 20.0. The van der Waals surface area contributed by atoms with Crippen molar-refractivity contribution in [3.05, 3.63) is 28.0 Å². The number of aromatic nitrogens is 2. The number of para-hydroxylation sites is 1. The predicted octanol–water partition coefficient (Wildman–Crippen LogP) is 2.76. The van der Waals surface area contributed by atoms with Gasteiger partial charge in [-0.3, -0.25) is 4.79 Å². The number of nitrogens with zero attached hydrogens (tertiary/aromatic N) is 2. The molecule has 3 rings (SSSR count). The van der Waals surface area contributed by atoms with Gasteiger partial charge >= 0.3 is 0 Å². The van der Waals surface area contributed by atoms with Crippen molar-refractivity contribution in [3.63, 3.8) is 0 Å². The van der Waals surface area contributed by atoms with E-state index in [1.807, 2.05) is 29.8 Å². The summed E-state index contributed by atoms with van der Waals surface area (Å²) >= 11 is 11.4. The zero-order chi connectivity index (χ0) is 12.9. The van der Waals surface area contributed by atoms with E-state index in [1.54, 1.807) is 4.90 Å². The Bertz CT molecular complexity index is 690. The molecule has 1 amide bonds. The number of amides is 1. The van der Waals surface area contributed by atoms with E-state index in [-0.39, 0.29) is 11.9 Å². The molecule has 0 bridgehead atoms. The standard InChI is InChI=1S/C12H12ClN3OS/c1-15-6-5-9(11(15)17)16-8-4-2-3-7(13)10(8)14-12(16)18/h2-4,9H,5-6H2,1H3,(H,14,18). The molecule has 2 heterocycles. The van der Waals surface area contributed by atoms with E-state index in [2.05, 4.69) is 4.98 Å². The summed E-state index contributed by atoms with van der Waals surface area (Å²) in [6.07, 6.45) is 0.781. The van der Waals surface area contributed by atoms with Crippen LogP contribution in [0.5, 0.6) is 0 Å². The van der Waals surface area contributed by atoms with Crippen LogP contribution in [0, 0.1) is 4.77 Å². The monoisotopic (exact) mass is 281 g/mol. The molecule has 0 spiro atoms. The molecule has 1 saturated heterocycles. The van der Waals surface area contributed by atoms with Gasteiger partial charge in [0.05, 0.1) is 16.1 Å². The summed E-state index contributed by atoms with van der Waals surface area (Å²) < 4.78 is 2.43. The average Bonchev–Trinajstić information content (AvgIpc) is 2.83. The summed E-state index contributed by atoms with van der Waals surface area (Å²) in [7, 11) is 1.81. The first-order valence-electron chi connectivity index (χ1n) is 5.73. The molecule has 1 aromatic carbocycles. The van der Waals surface area contributed by atoms with Gasteiger partial charge < -0.3 is 14.5 Å². The number of aromatic amines is 1. The largest absolute Gasteiger partial charge is 0.344 e. The van der Waals surface area contributed by atoms with Crippen LogP contribution in [0.3, 0.4) is 0 Å². The molecule has 1 aliphatic rings. The van der Waals surface area contributed by atoms with Crippen molar-refractivity contribution in [1.29, 1.82) is 0 Å². The first-order valence-corrected chi connectivity index (χ1v) is 6.52. The Morgan fingerprint density at radius 1 is 1.50 bits per heavy atom. The second-order valence-corrected chi connectivity index (χ2v) is 5.29. The van der Waals surface area contributed by atoms with Gasteiger partial charge in [-0.1, -0.05) is 17.7 Å². The molecular formula is C12H12ClN3OS. The Morgan fingerprint density at radius 2 is 2.28 bits per heavy atom. The van der Waals surface area contributed by atoms with Gasteiger partial charge in [-0.25, -0.2) is 0 Å². The van der Waals surface area contributed by atoms with Gasteiger partial charge in [0.2, 0.25) is 5.91 Å². The van der Waals surface area contributed by atoms with E-state index in [0.717, 1.165) is 24.0 Å². The number of likely N-dealkylation sites (tertiary alicyclic amines) is 1. The second-order valence-electron chi connectivity index (χ2n) is 4.50. The number of fused-ring (bicyclic) bond motifs is 1. The minimum atomic E-state index is -0.213. The third-order valence-electron chi connectivity index (χ3n) is 3.41. The van der Waals surface area contributed by atoms with Gasteiger partial charge in [0.15, 0.2) is 4.77 Å². The highest BCUT2D eigenvalue weighted by molar-refractivity contribution is 7.71. The summed E-state index contributed by atoms with van der Waals surface area (Å²) in [6, 6.07) is 5.39. The third-order valence-corrected chi connectivity index (χ3v) is 4.03. The Morgan fingerprint density at radius 3 is 2.94 bits per heavy atom. The molecule has 2 aromatic rings. The molecule has 4 nitrogen and oxygen atoms in total. The van der Waals surface area contributed by atoms with Crippen LogP contribution in [-0.4, -0.2) is 34.0 Å². The van der Waals surface area contributed by atoms with Crippen LogP contribution in [-0.2, 0) is 4.79 Å². The Kier molecular flexibility index (Phi) is 2.68. The fourth-order valence-corrected chi connectivity index (χ4v) is 3.01. The molecular weight excluding hydrogens is 270 g/mol. The summed E-state index contributed by atoms with van der Waals surface area (Å²) in [5.74, 6) is 0.104. The van der Waals surface area contributed by atoms with Gasteiger partial charge in [0.1, 0.15) is 6.04 Å². The predicted molar refractivity (Wildman–Crippen MR) is 73.4 cm³/mol. The fourth-order valence-electron chi connectivity index (χ4n) is 2.47. The number of imidazole rings is 1. The van der Waals surface area contributed by atoms with Crippen LogP contribution in [0.25, 0.3) is 11.0 Å². The molecule has 18 heavy (non-hydrogen) atoms. The van der Waals surface area contributed by atoms with Gasteiger partial charge in [-0.05, 0) is 30.8 Å². The molecule has 1 N–H and O–H groups in total. The number of carbonyl (C=O) groups excluding carboxylic acids is 1. The molecule has 0 saturated carbocycles. The number of rotatable bonds is 1. The molecule has 1 aromatic heterocycles. The first kappa shape index (κ1) is 11.7. The number of carbonyl (C=O) groups is 1. The Balaban J connectivity index is 2.24. The lowest BCUT2D eigenvalue weighted by atomic mass is 10.2. The van der Waals surface area contributed by atoms with Crippen molar-refractivity contribution in [3.8, 4) is 0 Å². The van der Waals surface area contributed by atoms with Crippen molar-refractivity contribution in [2.75, 3.05) is 13.6 Å². The van der Waals surface area contributed by atoms with Crippen LogP contribution in [0.4, 0.5) is 0 Å². The molecule has 94 valence electrons. The molecule has 6 heteroatoms. The number of benzene rings is 1. The maximum absolute atomic E-state index is 12.1. The van der Waals surface area contributed by atoms with Gasteiger partial charge in [-0.15, -0.1) is 0 Å². The minimum Gasteiger partial charge on any atom is -0.344 e. The Hall–Kier alpha value is -1.33. The minimum absolute atomic E-state index is 0.104. The van der Waals surface area contributed by atoms with Crippen LogP contribution in [0.1, 0.15) is 12.5 Å². The molecule has 0 aliphatic carbocycles. The molecule has 0 radical (unpaired) electrons. The summed E-state index contributed by atoms with van der Waals surface area (Å²) in [5, 5.41) is 0.621. The molecule has 1 fully saturated rings. The zero-order valence-electron chi connectivity index (χ0n) is 9.81. The number of H-pyrrole nitrogens is 1. The quantitative estimate of drug-likeness (QED) is 0.817. The SMILES string of the molecule is CN1CCC(n2c(=S)[nH]c3c(Cl)cccc32)C1=O. The number of likely N-dealkylation sites (N-methyl/N-ethyl adjacent to an activating group) is 1. The van der Waals surface area contributed by atoms with Gasteiger partial charge in [0, 0.05) is 13.6 Å². The van der Waals surface area contributed by atoms with Crippen LogP contribution in [0.2, 0.25) is 5.02 Å².